The summed E-state index contributed by atoms with van der Waals surface area (Å²) in [4.78, 5) is 8.06. The standard InChI is InChI=1S/C15H9ClN2/c16-11-6-3-5-10-14(11)18-13-8-9-4-1-2-7-12(9)17-15(10)13/h1-8,18H. The number of nitrogens with one attached hydrogen (secondary N) is 1. The van der Waals surface area contributed by atoms with Gasteiger partial charge in [-0.1, -0.05) is 41.9 Å². The van der Waals surface area contributed by atoms with Crippen LogP contribution in [0.2, 0.25) is 5.02 Å². The van der Waals surface area contributed by atoms with Crippen molar-refractivity contribution in [2.75, 3.05) is 0 Å². The van der Waals surface area contributed by atoms with Crippen LogP contribution in [0.25, 0.3) is 32.8 Å². The van der Waals surface area contributed by atoms with Crippen LogP contribution >= 0.6 is 11.6 Å². The Morgan fingerprint density at radius 1 is 1.00 bits per heavy atom. The number of nitrogens with zero attached hydrogens (tertiary/aromatic N) is 1. The highest BCUT2D eigenvalue weighted by atomic mass is 35.5. The Bertz CT molecular complexity index is 893. The van der Waals surface area contributed by atoms with E-state index in [0.29, 0.717) is 0 Å². The van der Waals surface area contributed by atoms with Gasteiger partial charge in [-0.05, 0) is 18.2 Å². The van der Waals surface area contributed by atoms with Crippen molar-refractivity contribution >= 4 is 44.4 Å². The van der Waals surface area contributed by atoms with E-state index in [0.717, 1.165) is 37.9 Å². The SMILES string of the molecule is Clc1cccc2c1[nH]c1cc3ccccc3nc12. The number of fused-ring (bicyclic) bond motifs is 4. The minimum absolute atomic E-state index is 0.731. The van der Waals surface area contributed by atoms with Crippen LogP contribution in [0, 0.1) is 0 Å². The summed E-state index contributed by atoms with van der Waals surface area (Å²) in [6.07, 6.45) is 0. The van der Waals surface area contributed by atoms with E-state index in [9.17, 15) is 0 Å². The maximum atomic E-state index is 6.20. The summed E-state index contributed by atoms with van der Waals surface area (Å²) in [5.74, 6) is 0. The van der Waals surface area contributed by atoms with Crippen molar-refractivity contribution < 1.29 is 0 Å². The Morgan fingerprint density at radius 2 is 1.89 bits per heavy atom. The Hall–Kier alpha value is -2.06. The number of rotatable bonds is 0. The molecule has 2 heterocycles. The van der Waals surface area contributed by atoms with Gasteiger partial charge >= 0.3 is 0 Å². The third kappa shape index (κ3) is 1.27. The molecular formula is C15H9ClN2. The third-order valence-corrected chi connectivity index (χ3v) is 3.57. The van der Waals surface area contributed by atoms with Crippen LogP contribution < -0.4 is 0 Å². The normalized spacial score (nSPS) is 11.6. The molecule has 0 saturated heterocycles. The lowest BCUT2D eigenvalue weighted by atomic mass is 10.2. The molecule has 4 rings (SSSR count). The molecule has 0 radical (unpaired) electrons. The van der Waals surface area contributed by atoms with Gasteiger partial charge < -0.3 is 4.98 Å². The molecule has 18 heavy (non-hydrogen) atoms. The highest BCUT2D eigenvalue weighted by Gasteiger charge is 2.08. The number of hydrogen-bond donors (Lipinski definition) is 1. The zero-order chi connectivity index (χ0) is 12.1. The van der Waals surface area contributed by atoms with Gasteiger partial charge in [0.1, 0.15) is 0 Å². The molecule has 0 saturated carbocycles. The highest BCUT2D eigenvalue weighted by Crippen LogP contribution is 2.30. The monoisotopic (exact) mass is 252 g/mol. The summed E-state index contributed by atoms with van der Waals surface area (Å²) < 4.78 is 0. The van der Waals surface area contributed by atoms with Gasteiger partial charge in [0.25, 0.3) is 0 Å². The van der Waals surface area contributed by atoms with E-state index in [1.54, 1.807) is 0 Å². The van der Waals surface area contributed by atoms with Crippen molar-refractivity contribution in [3.05, 3.63) is 53.6 Å². The maximum absolute atomic E-state index is 6.20. The first-order valence-electron chi connectivity index (χ1n) is 5.78. The first-order valence-corrected chi connectivity index (χ1v) is 6.16. The average Bonchev–Trinajstić information content (AvgIpc) is 2.76. The third-order valence-electron chi connectivity index (χ3n) is 3.25. The summed E-state index contributed by atoms with van der Waals surface area (Å²) in [6, 6.07) is 16.1. The quantitative estimate of drug-likeness (QED) is 0.490. The van der Waals surface area contributed by atoms with Crippen molar-refractivity contribution in [1.29, 1.82) is 0 Å². The van der Waals surface area contributed by atoms with Crippen molar-refractivity contribution in [3.8, 4) is 0 Å². The van der Waals surface area contributed by atoms with E-state index in [1.165, 1.54) is 0 Å². The highest BCUT2D eigenvalue weighted by molar-refractivity contribution is 6.36. The van der Waals surface area contributed by atoms with Crippen LogP contribution in [0.3, 0.4) is 0 Å². The summed E-state index contributed by atoms with van der Waals surface area (Å²) in [5, 5.41) is 2.94. The van der Waals surface area contributed by atoms with Gasteiger partial charge in [0.05, 0.1) is 27.1 Å². The molecule has 0 aliphatic heterocycles. The number of pyridine rings is 1. The fraction of sp³-hybridized carbons (Fsp3) is 0. The molecule has 2 aromatic carbocycles. The molecule has 0 aliphatic rings. The smallest absolute Gasteiger partial charge is 0.0965 e. The van der Waals surface area contributed by atoms with Crippen LogP contribution in [0.4, 0.5) is 0 Å². The van der Waals surface area contributed by atoms with Crippen molar-refractivity contribution in [1.82, 2.24) is 9.97 Å². The van der Waals surface area contributed by atoms with Gasteiger partial charge in [-0.2, -0.15) is 0 Å². The summed E-state index contributed by atoms with van der Waals surface area (Å²) >= 11 is 6.20. The number of H-pyrrole nitrogens is 1. The number of aromatic nitrogens is 2. The molecule has 0 amide bonds. The van der Waals surface area contributed by atoms with Gasteiger partial charge in [0.2, 0.25) is 0 Å². The molecule has 0 atom stereocenters. The Labute approximate surface area is 108 Å². The van der Waals surface area contributed by atoms with Crippen LogP contribution in [-0.2, 0) is 0 Å². The summed E-state index contributed by atoms with van der Waals surface area (Å²) in [6.45, 7) is 0. The number of hydrogen-bond acceptors (Lipinski definition) is 1. The zero-order valence-electron chi connectivity index (χ0n) is 9.44. The number of benzene rings is 2. The van der Waals surface area contributed by atoms with Crippen molar-refractivity contribution in [3.63, 3.8) is 0 Å². The first kappa shape index (κ1) is 9.92. The van der Waals surface area contributed by atoms with Crippen molar-refractivity contribution in [2.24, 2.45) is 0 Å². The summed E-state index contributed by atoms with van der Waals surface area (Å²) in [5.41, 5.74) is 3.96. The Balaban J connectivity index is 2.27. The van der Waals surface area contributed by atoms with Crippen LogP contribution in [-0.4, -0.2) is 9.97 Å². The molecule has 86 valence electrons. The molecule has 0 spiro atoms. The van der Waals surface area contributed by atoms with Gasteiger partial charge in [-0.3, -0.25) is 0 Å². The maximum Gasteiger partial charge on any atom is 0.0965 e. The Morgan fingerprint density at radius 3 is 2.83 bits per heavy atom. The second-order valence-corrected chi connectivity index (χ2v) is 4.77. The van der Waals surface area contributed by atoms with E-state index in [2.05, 4.69) is 17.1 Å². The molecule has 1 N–H and O–H groups in total. The second kappa shape index (κ2) is 3.47. The minimum Gasteiger partial charge on any atom is -0.352 e. The zero-order valence-corrected chi connectivity index (χ0v) is 10.2. The molecule has 2 nitrogen and oxygen atoms in total. The predicted molar refractivity (Wildman–Crippen MR) is 76.1 cm³/mol. The van der Waals surface area contributed by atoms with E-state index in [1.807, 2.05) is 36.4 Å². The number of para-hydroxylation sites is 2. The van der Waals surface area contributed by atoms with Crippen LogP contribution in [0.5, 0.6) is 0 Å². The predicted octanol–water partition coefficient (Wildman–Crippen LogP) is 4.52. The van der Waals surface area contributed by atoms with Gasteiger partial charge in [-0.15, -0.1) is 0 Å². The lowest BCUT2D eigenvalue weighted by molar-refractivity contribution is 1.49. The number of halogens is 1. The van der Waals surface area contributed by atoms with E-state index < -0.39 is 0 Å². The van der Waals surface area contributed by atoms with E-state index in [4.69, 9.17) is 16.6 Å². The topological polar surface area (TPSA) is 28.7 Å². The molecule has 0 bridgehead atoms. The molecule has 4 aromatic rings. The lowest BCUT2D eigenvalue weighted by Gasteiger charge is -1.96. The fourth-order valence-electron chi connectivity index (χ4n) is 2.40. The molecule has 0 fully saturated rings. The fourth-order valence-corrected chi connectivity index (χ4v) is 2.62. The van der Waals surface area contributed by atoms with Crippen LogP contribution in [0.1, 0.15) is 0 Å². The number of aromatic amines is 1. The summed E-state index contributed by atoms with van der Waals surface area (Å²) in [7, 11) is 0. The van der Waals surface area contributed by atoms with E-state index >= 15 is 0 Å². The van der Waals surface area contributed by atoms with Gasteiger partial charge in [0.15, 0.2) is 0 Å². The van der Waals surface area contributed by atoms with Gasteiger partial charge in [-0.25, -0.2) is 4.98 Å². The molecular weight excluding hydrogens is 244 g/mol. The second-order valence-electron chi connectivity index (χ2n) is 4.36. The minimum atomic E-state index is 0.731. The molecule has 0 aliphatic carbocycles. The Kier molecular flexibility index (Phi) is 1.91. The van der Waals surface area contributed by atoms with Crippen LogP contribution in [0.15, 0.2) is 48.5 Å². The lowest BCUT2D eigenvalue weighted by Crippen LogP contribution is -1.79. The van der Waals surface area contributed by atoms with Gasteiger partial charge in [0, 0.05) is 10.8 Å². The molecule has 2 aromatic heterocycles. The molecule has 3 heteroatoms. The largest absolute Gasteiger partial charge is 0.352 e. The van der Waals surface area contributed by atoms with E-state index in [-0.39, 0.29) is 0 Å². The first-order chi connectivity index (χ1) is 8.83. The van der Waals surface area contributed by atoms with Crippen molar-refractivity contribution in [2.45, 2.75) is 0 Å². The average molecular weight is 253 g/mol. The molecule has 0 unspecified atom stereocenters.